The summed E-state index contributed by atoms with van der Waals surface area (Å²) in [5.74, 6) is 0.962. The minimum atomic E-state index is 0.962. The average molecular weight is 253 g/mol. The van der Waals surface area contributed by atoms with Crippen LogP contribution in [0, 0.1) is 12.8 Å². The summed E-state index contributed by atoms with van der Waals surface area (Å²) in [6.45, 7) is 6.63. The number of rotatable bonds is 6. The first kappa shape index (κ1) is 13.0. The number of hydrogen-bond donors (Lipinski definition) is 2. The molecule has 0 atom stereocenters. The second kappa shape index (κ2) is 7.09. The van der Waals surface area contributed by atoms with Crippen molar-refractivity contribution in [3.63, 3.8) is 0 Å². The Bertz CT molecular complexity index is 318. The molecule has 4 heteroatoms. The Kier molecular flexibility index (Phi) is 5.42. The van der Waals surface area contributed by atoms with E-state index in [2.05, 4.69) is 22.5 Å². The highest BCUT2D eigenvalue weighted by Gasteiger charge is 2.11. The largest absolute Gasteiger partial charge is 0.317 e. The Morgan fingerprint density at radius 3 is 3.00 bits per heavy atom. The number of thiazole rings is 1. The number of nitrogens with zero attached hydrogens (tertiary/aromatic N) is 1. The molecule has 0 aromatic carbocycles. The van der Waals surface area contributed by atoms with E-state index in [1.165, 1.54) is 43.6 Å². The van der Waals surface area contributed by atoms with Gasteiger partial charge in [0.05, 0.1) is 5.01 Å². The molecule has 1 aromatic rings. The third-order valence-corrected chi connectivity index (χ3v) is 4.31. The zero-order chi connectivity index (χ0) is 11.9. The van der Waals surface area contributed by atoms with Gasteiger partial charge in [-0.15, -0.1) is 11.3 Å². The Morgan fingerprint density at radius 2 is 2.29 bits per heavy atom. The van der Waals surface area contributed by atoms with Gasteiger partial charge in [-0.2, -0.15) is 0 Å². The summed E-state index contributed by atoms with van der Waals surface area (Å²) < 4.78 is 0. The van der Waals surface area contributed by atoms with E-state index >= 15 is 0 Å². The second-order valence-corrected chi connectivity index (χ2v) is 6.18. The van der Waals surface area contributed by atoms with Crippen molar-refractivity contribution in [3.05, 3.63) is 16.1 Å². The average Bonchev–Trinajstić information content (AvgIpc) is 2.76. The third kappa shape index (κ3) is 4.74. The van der Waals surface area contributed by atoms with Crippen LogP contribution in [0.2, 0.25) is 0 Å². The summed E-state index contributed by atoms with van der Waals surface area (Å²) in [5.41, 5.74) is 0. The maximum atomic E-state index is 4.26. The third-order valence-electron chi connectivity index (χ3n) is 3.39. The molecule has 2 N–H and O–H groups in total. The molecule has 1 fully saturated rings. The molecule has 1 aliphatic rings. The SMILES string of the molecule is Cc1ncc(CNCCCC2CCNCC2)s1. The number of aromatic nitrogens is 1. The number of aryl methyl sites for hydroxylation is 1. The molecule has 1 aromatic heterocycles. The first-order chi connectivity index (χ1) is 8.34. The van der Waals surface area contributed by atoms with Gasteiger partial charge in [-0.05, 0) is 58.2 Å². The van der Waals surface area contributed by atoms with Crippen LogP contribution in [0.25, 0.3) is 0 Å². The number of hydrogen-bond acceptors (Lipinski definition) is 4. The topological polar surface area (TPSA) is 37.0 Å². The van der Waals surface area contributed by atoms with E-state index in [9.17, 15) is 0 Å². The fraction of sp³-hybridized carbons (Fsp3) is 0.769. The van der Waals surface area contributed by atoms with Gasteiger partial charge >= 0.3 is 0 Å². The van der Waals surface area contributed by atoms with Gasteiger partial charge in [0.25, 0.3) is 0 Å². The van der Waals surface area contributed by atoms with Gasteiger partial charge in [0, 0.05) is 17.6 Å². The van der Waals surface area contributed by atoms with Crippen LogP contribution in [0.15, 0.2) is 6.20 Å². The van der Waals surface area contributed by atoms with E-state index in [1.54, 1.807) is 11.3 Å². The summed E-state index contributed by atoms with van der Waals surface area (Å²) in [7, 11) is 0. The Hall–Kier alpha value is -0.450. The van der Waals surface area contributed by atoms with Crippen molar-refractivity contribution in [1.82, 2.24) is 15.6 Å². The minimum absolute atomic E-state index is 0.962. The lowest BCUT2D eigenvalue weighted by Gasteiger charge is -2.22. The highest BCUT2D eigenvalue weighted by Crippen LogP contribution is 2.17. The molecule has 0 saturated carbocycles. The summed E-state index contributed by atoms with van der Waals surface area (Å²) in [6, 6.07) is 0. The zero-order valence-electron chi connectivity index (χ0n) is 10.7. The van der Waals surface area contributed by atoms with Gasteiger partial charge in [0.1, 0.15) is 0 Å². The number of nitrogens with one attached hydrogen (secondary N) is 2. The molecule has 1 aliphatic heterocycles. The predicted molar refractivity (Wildman–Crippen MR) is 73.4 cm³/mol. The van der Waals surface area contributed by atoms with Crippen LogP contribution in [-0.2, 0) is 6.54 Å². The normalized spacial score (nSPS) is 17.5. The fourth-order valence-electron chi connectivity index (χ4n) is 2.38. The Labute approximate surface area is 108 Å². The molecular weight excluding hydrogens is 230 g/mol. The highest BCUT2D eigenvalue weighted by atomic mass is 32.1. The Balaban J connectivity index is 1.51. The molecule has 0 spiro atoms. The standard InChI is InChI=1S/C13H23N3S/c1-11-16-10-13(17-11)9-15-6-2-3-12-4-7-14-8-5-12/h10,12,14-15H,2-9H2,1H3. The summed E-state index contributed by atoms with van der Waals surface area (Å²) in [5, 5.41) is 8.09. The van der Waals surface area contributed by atoms with Gasteiger partial charge in [-0.1, -0.05) is 0 Å². The van der Waals surface area contributed by atoms with E-state index in [-0.39, 0.29) is 0 Å². The van der Waals surface area contributed by atoms with Crippen molar-refractivity contribution in [3.8, 4) is 0 Å². The van der Waals surface area contributed by atoms with Gasteiger partial charge in [-0.3, -0.25) is 0 Å². The summed E-state index contributed by atoms with van der Waals surface area (Å²) in [6.07, 6.45) is 7.42. The van der Waals surface area contributed by atoms with Crippen LogP contribution < -0.4 is 10.6 Å². The minimum Gasteiger partial charge on any atom is -0.317 e. The molecule has 96 valence electrons. The summed E-state index contributed by atoms with van der Waals surface area (Å²) >= 11 is 1.79. The van der Waals surface area contributed by atoms with E-state index in [0.717, 1.165) is 24.0 Å². The Morgan fingerprint density at radius 1 is 1.47 bits per heavy atom. The van der Waals surface area contributed by atoms with Crippen LogP contribution in [0.1, 0.15) is 35.6 Å². The summed E-state index contributed by atoms with van der Waals surface area (Å²) in [4.78, 5) is 5.61. The van der Waals surface area contributed by atoms with Crippen LogP contribution in [0.5, 0.6) is 0 Å². The van der Waals surface area contributed by atoms with Gasteiger partial charge in [-0.25, -0.2) is 4.98 Å². The van der Waals surface area contributed by atoms with E-state index in [1.807, 2.05) is 6.20 Å². The molecule has 2 heterocycles. The molecule has 0 amide bonds. The van der Waals surface area contributed by atoms with Crippen molar-refractivity contribution >= 4 is 11.3 Å². The van der Waals surface area contributed by atoms with Crippen molar-refractivity contribution in [2.75, 3.05) is 19.6 Å². The number of piperidine rings is 1. The van der Waals surface area contributed by atoms with Crippen molar-refractivity contribution in [2.45, 2.75) is 39.2 Å². The lowest BCUT2D eigenvalue weighted by Crippen LogP contribution is -2.28. The molecule has 0 radical (unpaired) electrons. The quantitative estimate of drug-likeness (QED) is 0.764. The first-order valence-electron chi connectivity index (χ1n) is 6.67. The lowest BCUT2D eigenvalue weighted by atomic mass is 9.93. The van der Waals surface area contributed by atoms with E-state index < -0.39 is 0 Å². The van der Waals surface area contributed by atoms with E-state index in [4.69, 9.17) is 0 Å². The molecule has 2 rings (SSSR count). The maximum absolute atomic E-state index is 4.26. The molecule has 0 unspecified atom stereocenters. The molecule has 3 nitrogen and oxygen atoms in total. The van der Waals surface area contributed by atoms with Crippen LogP contribution in [0.3, 0.4) is 0 Å². The smallest absolute Gasteiger partial charge is 0.0897 e. The molecule has 17 heavy (non-hydrogen) atoms. The molecular formula is C13H23N3S. The predicted octanol–water partition coefficient (Wildman–Crippen LogP) is 2.32. The van der Waals surface area contributed by atoms with Crippen molar-refractivity contribution in [2.24, 2.45) is 5.92 Å². The highest BCUT2D eigenvalue weighted by molar-refractivity contribution is 7.11. The first-order valence-corrected chi connectivity index (χ1v) is 7.49. The van der Waals surface area contributed by atoms with Crippen LogP contribution in [0.4, 0.5) is 0 Å². The van der Waals surface area contributed by atoms with Crippen molar-refractivity contribution < 1.29 is 0 Å². The maximum Gasteiger partial charge on any atom is 0.0897 e. The fourth-order valence-corrected chi connectivity index (χ4v) is 3.15. The van der Waals surface area contributed by atoms with Crippen LogP contribution in [-0.4, -0.2) is 24.6 Å². The van der Waals surface area contributed by atoms with Crippen molar-refractivity contribution in [1.29, 1.82) is 0 Å². The van der Waals surface area contributed by atoms with Crippen LogP contribution >= 0.6 is 11.3 Å². The van der Waals surface area contributed by atoms with E-state index in [0.29, 0.717) is 0 Å². The van der Waals surface area contributed by atoms with Gasteiger partial charge < -0.3 is 10.6 Å². The second-order valence-electron chi connectivity index (χ2n) is 4.86. The van der Waals surface area contributed by atoms with Gasteiger partial charge in [0.15, 0.2) is 0 Å². The monoisotopic (exact) mass is 253 g/mol. The molecule has 0 aliphatic carbocycles. The lowest BCUT2D eigenvalue weighted by molar-refractivity contribution is 0.344. The molecule has 0 bridgehead atoms. The van der Waals surface area contributed by atoms with Gasteiger partial charge in [0.2, 0.25) is 0 Å². The zero-order valence-corrected chi connectivity index (χ0v) is 11.5. The molecule has 1 saturated heterocycles.